The molecule has 0 heterocycles. The Kier molecular flexibility index (Phi) is 6.05. The molecular formula is C18H14ClF3N2O2. The van der Waals surface area contributed by atoms with Crippen molar-refractivity contribution in [2.75, 3.05) is 10.6 Å². The minimum absolute atomic E-state index is 0.184. The van der Waals surface area contributed by atoms with E-state index in [0.29, 0.717) is 11.4 Å². The highest BCUT2D eigenvalue weighted by Gasteiger charge is 2.33. The van der Waals surface area contributed by atoms with Crippen molar-refractivity contribution < 1.29 is 22.8 Å². The number of alkyl halides is 3. The average molecular weight is 383 g/mol. The van der Waals surface area contributed by atoms with Gasteiger partial charge in [0.2, 0.25) is 11.8 Å². The molecule has 2 aromatic carbocycles. The van der Waals surface area contributed by atoms with E-state index in [1.54, 1.807) is 24.3 Å². The van der Waals surface area contributed by atoms with Crippen LogP contribution in [0.4, 0.5) is 24.5 Å². The number of halogens is 4. The highest BCUT2D eigenvalue weighted by molar-refractivity contribution is 6.31. The molecule has 4 nitrogen and oxygen atoms in total. The van der Waals surface area contributed by atoms with E-state index in [1.165, 1.54) is 19.1 Å². The lowest BCUT2D eigenvalue weighted by molar-refractivity contribution is -0.137. The van der Waals surface area contributed by atoms with Gasteiger partial charge < -0.3 is 10.6 Å². The molecule has 0 unspecified atom stereocenters. The van der Waals surface area contributed by atoms with Gasteiger partial charge in [0.05, 0.1) is 10.6 Å². The summed E-state index contributed by atoms with van der Waals surface area (Å²) in [5, 5.41) is 4.72. The van der Waals surface area contributed by atoms with Crippen LogP contribution in [0.2, 0.25) is 5.02 Å². The number of nitrogens with one attached hydrogen (secondary N) is 2. The summed E-state index contributed by atoms with van der Waals surface area (Å²) in [4.78, 5) is 23.0. The lowest BCUT2D eigenvalue weighted by Gasteiger charge is -2.09. The molecule has 26 heavy (non-hydrogen) atoms. The molecule has 8 heteroatoms. The van der Waals surface area contributed by atoms with Gasteiger partial charge in [0.1, 0.15) is 0 Å². The van der Waals surface area contributed by atoms with Gasteiger partial charge in [-0.25, -0.2) is 0 Å². The van der Waals surface area contributed by atoms with E-state index in [4.69, 9.17) is 11.6 Å². The minimum Gasteiger partial charge on any atom is -0.326 e. The van der Waals surface area contributed by atoms with Gasteiger partial charge in [0.25, 0.3) is 0 Å². The third kappa shape index (κ3) is 5.63. The van der Waals surface area contributed by atoms with Crippen LogP contribution in [0.1, 0.15) is 18.1 Å². The molecule has 0 aliphatic heterocycles. The number of hydrogen-bond donors (Lipinski definition) is 2. The third-order valence-electron chi connectivity index (χ3n) is 3.17. The number of carbonyl (C=O) groups excluding carboxylic acids is 2. The molecule has 0 bridgehead atoms. The van der Waals surface area contributed by atoms with Crippen molar-refractivity contribution in [3.8, 4) is 0 Å². The van der Waals surface area contributed by atoms with E-state index >= 15 is 0 Å². The van der Waals surface area contributed by atoms with Gasteiger partial charge in [0.15, 0.2) is 0 Å². The maximum absolute atomic E-state index is 12.8. The zero-order chi connectivity index (χ0) is 19.3. The van der Waals surface area contributed by atoms with E-state index in [-0.39, 0.29) is 11.5 Å². The maximum atomic E-state index is 12.8. The van der Waals surface area contributed by atoms with Crippen molar-refractivity contribution >= 4 is 40.9 Å². The molecule has 2 rings (SSSR count). The fourth-order valence-electron chi connectivity index (χ4n) is 2.10. The lowest BCUT2D eigenvalue weighted by Crippen LogP contribution is -2.09. The predicted octanol–water partition coefficient (Wildman–Crippen LogP) is 4.97. The second-order valence-corrected chi connectivity index (χ2v) is 5.73. The van der Waals surface area contributed by atoms with Crippen molar-refractivity contribution in [1.29, 1.82) is 0 Å². The van der Waals surface area contributed by atoms with Crippen molar-refractivity contribution in [2.24, 2.45) is 0 Å². The summed E-state index contributed by atoms with van der Waals surface area (Å²) in [5.74, 6) is -0.787. The Bertz CT molecular complexity index is 864. The molecule has 0 saturated heterocycles. The Labute approximate surface area is 152 Å². The Morgan fingerprint density at radius 1 is 1.04 bits per heavy atom. The van der Waals surface area contributed by atoms with Gasteiger partial charge in [-0.05, 0) is 42.0 Å². The molecule has 0 aliphatic carbocycles. The summed E-state index contributed by atoms with van der Waals surface area (Å²) in [6.07, 6.45) is -2.22. The molecule has 0 fully saturated rings. The zero-order valence-corrected chi connectivity index (χ0v) is 14.3. The molecule has 0 aromatic heterocycles. The fourth-order valence-corrected chi connectivity index (χ4v) is 2.32. The molecule has 136 valence electrons. The Hall–Kier alpha value is -2.80. The second kappa shape index (κ2) is 8.05. The molecule has 0 atom stereocenters. The first-order valence-electron chi connectivity index (χ1n) is 7.38. The molecule has 2 aromatic rings. The first-order valence-corrected chi connectivity index (χ1v) is 7.76. The van der Waals surface area contributed by atoms with Crippen LogP contribution in [0.25, 0.3) is 6.08 Å². The highest BCUT2D eigenvalue weighted by atomic mass is 35.5. The summed E-state index contributed by atoms with van der Waals surface area (Å²) in [6, 6.07) is 9.82. The summed E-state index contributed by atoms with van der Waals surface area (Å²) < 4.78 is 38.5. The summed E-state index contributed by atoms with van der Waals surface area (Å²) >= 11 is 5.55. The van der Waals surface area contributed by atoms with E-state index in [0.717, 1.165) is 18.2 Å². The number of benzene rings is 2. The van der Waals surface area contributed by atoms with E-state index < -0.39 is 22.7 Å². The number of amides is 2. The topological polar surface area (TPSA) is 58.2 Å². The van der Waals surface area contributed by atoms with Gasteiger partial charge in [-0.1, -0.05) is 23.7 Å². The highest BCUT2D eigenvalue weighted by Crippen LogP contribution is 2.35. The SMILES string of the molecule is CC(=O)Nc1cccc(NC(=O)/C=C/c2ccc(Cl)c(C(F)(F)F)c2)c1. The van der Waals surface area contributed by atoms with Crippen LogP contribution in [-0.4, -0.2) is 11.8 Å². The average Bonchev–Trinajstić information content (AvgIpc) is 2.52. The Balaban J connectivity index is 2.09. The monoisotopic (exact) mass is 382 g/mol. The van der Waals surface area contributed by atoms with Crippen LogP contribution in [0, 0.1) is 0 Å². The first-order chi connectivity index (χ1) is 12.1. The first kappa shape index (κ1) is 19.5. The van der Waals surface area contributed by atoms with E-state index in [1.807, 2.05) is 0 Å². The van der Waals surface area contributed by atoms with Gasteiger partial charge in [-0.3, -0.25) is 9.59 Å². The number of carbonyl (C=O) groups is 2. The lowest BCUT2D eigenvalue weighted by atomic mass is 10.1. The zero-order valence-electron chi connectivity index (χ0n) is 13.5. The van der Waals surface area contributed by atoms with Crippen LogP contribution in [0.5, 0.6) is 0 Å². The van der Waals surface area contributed by atoms with Crippen LogP contribution in [0.15, 0.2) is 48.5 Å². The normalized spacial score (nSPS) is 11.4. The molecule has 0 radical (unpaired) electrons. The number of anilines is 2. The van der Waals surface area contributed by atoms with Gasteiger partial charge in [-0.2, -0.15) is 13.2 Å². The largest absolute Gasteiger partial charge is 0.417 e. The van der Waals surface area contributed by atoms with Gasteiger partial charge in [0, 0.05) is 24.4 Å². The Morgan fingerprint density at radius 2 is 1.69 bits per heavy atom. The Morgan fingerprint density at radius 3 is 2.31 bits per heavy atom. The van der Waals surface area contributed by atoms with Crippen LogP contribution < -0.4 is 10.6 Å². The van der Waals surface area contributed by atoms with Gasteiger partial charge in [-0.15, -0.1) is 0 Å². The van der Waals surface area contributed by atoms with Gasteiger partial charge >= 0.3 is 6.18 Å². The van der Waals surface area contributed by atoms with Crippen LogP contribution >= 0.6 is 11.6 Å². The van der Waals surface area contributed by atoms with Crippen molar-refractivity contribution in [3.63, 3.8) is 0 Å². The number of rotatable bonds is 4. The quantitative estimate of drug-likeness (QED) is 0.733. The number of hydrogen-bond acceptors (Lipinski definition) is 2. The van der Waals surface area contributed by atoms with Crippen LogP contribution in [-0.2, 0) is 15.8 Å². The molecule has 0 saturated carbocycles. The predicted molar refractivity (Wildman–Crippen MR) is 94.9 cm³/mol. The summed E-state index contributed by atoms with van der Waals surface area (Å²) in [6.45, 7) is 1.36. The van der Waals surface area contributed by atoms with Crippen LogP contribution in [0.3, 0.4) is 0 Å². The third-order valence-corrected chi connectivity index (χ3v) is 3.50. The maximum Gasteiger partial charge on any atom is 0.417 e. The summed E-state index contributed by atoms with van der Waals surface area (Å²) in [7, 11) is 0. The molecule has 0 aliphatic rings. The molecule has 2 N–H and O–H groups in total. The fraction of sp³-hybridized carbons (Fsp3) is 0.111. The molecule has 2 amide bonds. The molecular weight excluding hydrogens is 369 g/mol. The minimum atomic E-state index is -4.58. The second-order valence-electron chi connectivity index (χ2n) is 5.32. The standard InChI is InChI=1S/C18H14ClF3N2O2/c1-11(25)23-13-3-2-4-14(10-13)24-17(26)8-6-12-5-7-16(19)15(9-12)18(20,21)22/h2-10H,1H3,(H,23,25)(H,24,26)/b8-6+. The molecule has 0 spiro atoms. The summed E-state index contributed by atoms with van der Waals surface area (Å²) in [5.41, 5.74) is 0.151. The van der Waals surface area contributed by atoms with E-state index in [9.17, 15) is 22.8 Å². The smallest absolute Gasteiger partial charge is 0.326 e. The van der Waals surface area contributed by atoms with Crippen molar-refractivity contribution in [3.05, 3.63) is 64.7 Å². The van der Waals surface area contributed by atoms with Crippen molar-refractivity contribution in [2.45, 2.75) is 13.1 Å². The van der Waals surface area contributed by atoms with E-state index in [2.05, 4.69) is 10.6 Å². The van der Waals surface area contributed by atoms with Crippen molar-refractivity contribution in [1.82, 2.24) is 0 Å².